The Kier molecular flexibility index (Phi) is 4.30. The summed E-state index contributed by atoms with van der Waals surface area (Å²) in [6, 6.07) is 5.48. The molecule has 0 unspecified atom stereocenters. The molecule has 0 bridgehead atoms. The van der Waals surface area contributed by atoms with Gasteiger partial charge < -0.3 is 5.32 Å². The number of aryl methyl sites for hydroxylation is 2. The van der Waals surface area contributed by atoms with E-state index in [1.54, 1.807) is 12.1 Å². The van der Waals surface area contributed by atoms with Gasteiger partial charge >= 0.3 is 0 Å². The zero-order valence-corrected chi connectivity index (χ0v) is 13.6. The smallest absolute Gasteiger partial charge is 0.208 e. The van der Waals surface area contributed by atoms with Crippen molar-refractivity contribution in [3.05, 3.63) is 35.8 Å². The number of hydrogen-bond acceptors (Lipinski definition) is 7. The van der Waals surface area contributed by atoms with Crippen LogP contribution in [0.5, 0.6) is 0 Å². The van der Waals surface area contributed by atoms with Gasteiger partial charge in [0.1, 0.15) is 11.9 Å². The number of nitrogens with one attached hydrogen (secondary N) is 1. The fourth-order valence-corrected chi connectivity index (χ4v) is 2.70. The van der Waals surface area contributed by atoms with E-state index in [9.17, 15) is 0 Å². The van der Waals surface area contributed by atoms with E-state index < -0.39 is 0 Å². The van der Waals surface area contributed by atoms with Crippen LogP contribution in [0.4, 0.5) is 10.9 Å². The summed E-state index contributed by atoms with van der Waals surface area (Å²) in [5.74, 6) is 1.29. The molecule has 3 heterocycles. The van der Waals surface area contributed by atoms with Gasteiger partial charge in [0.2, 0.25) is 5.13 Å². The second-order valence-corrected chi connectivity index (χ2v) is 5.74. The van der Waals surface area contributed by atoms with E-state index in [2.05, 4.69) is 31.7 Å². The SMILES string of the molecule is CCCn1cc(-c2nsc(Nc3ccc(C#N)cn3)n2)c(C)n1. The number of nitriles is 1. The first-order valence-corrected chi connectivity index (χ1v) is 7.98. The largest absolute Gasteiger partial charge is 0.315 e. The highest BCUT2D eigenvalue weighted by Gasteiger charge is 2.13. The first kappa shape index (κ1) is 15.1. The predicted molar refractivity (Wildman–Crippen MR) is 88.4 cm³/mol. The monoisotopic (exact) mass is 325 g/mol. The van der Waals surface area contributed by atoms with Gasteiger partial charge in [-0.2, -0.15) is 19.7 Å². The van der Waals surface area contributed by atoms with Gasteiger partial charge in [-0.15, -0.1) is 0 Å². The highest BCUT2D eigenvalue weighted by Crippen LogP contribution is 2.25. The fraction of sp³-hybridized carbons (Fsp3) is 0.267. The van der Waals surface area contributed by atoms with Crippen LogP contribution in [0.1, 0.15) is 24.6 Å². The van der Waals surface area contributed by atoms with Crippen molar-refractivity contribution in [3.63, 3.8) is 0 Å². The third-order valence-electron chi connectivity index (χ3n) is 3.19. The normalized spacial score (nSPS) is 10.5. The van der Waals surface area contributed by atoms with Gasteiger partial charge in [-0.3, -0.25) is 4.68 Å². The Bertz CT molecular complexity index is 842. The van der Waals surface area contributed by atoms with E-state index in [1.165, 1.54) is 17.7 Å². The number of hydrogen-bond donors (Lipinski definition) is 1. The molecule has 0 aliphatic carbocycles. The number of aromatic nitrogens is 5. The summed E-state index contributed by atoms with van der Waals surface area (Å²) in [5, 5.41) is 17.0. The molecule has 1 N–H and O–H groups in total. The molecule has 3 aromatic heterocycles. The molecular formula is C15H15N7S. The van der Waals surface area contributed by atoms with Gasteiger partial charge in [0, 0.05) is 30.5 Å². The maximum atomic E-state index is 8.78. The molecule has 0 saturated carbocycles. The summed E-state index contributed by atoms with van der Waals surface area (Å²) < 4.78 is 6.30. The second kappa shape index (κ2) is 6.54. The molecule has 23 heavy (non-hydrogen) atoms. The molecule has 0 spiro atoms. The average Bonchev–Trinajstić information content (AvgIpc) is 3.15. The Morgan fingerprint density at radius 3 is 2.96 bits per heavy atom. The number of rotatable bonds is 5. The van der Waals surface area contributed by atoms with Crippen LogP contribution in [0.25, 0.3) is 11.4 Å². The van der Waals surface area contributed by atoms with Crippen molar-refractivity contribution in [2.24, 2.45) is 0 Å². The van der Waals surface area contributed by atoms with Gasteiger partial charge in [-0.25, -0.2) is 4.98 Å². The topological polar surface area (TPSA) is 92.3 Å². The lowest BCUT2D eigenvalue weighted by Gasteiger charge is -1.99. The lowest BCUT2D eigenvalue weighted by molar-refractivity contribution is 0.598. The molecule has 0 aliphatic rings. The third-order valence-corrected chi connectivity index (χ3v) is 3.82. The van der Waals surface area contributed by atoms with E-state index in [0.29, 0.717) is 22.3 Å². The van der Waals surface area contributed by atoms with Gasteiger partial charge in [0.05, 0.1) is 16.8 Å². The van der Waals surface area contributed by atoms with Crippen molar-refractivity contribution in [1.29, 1.82) is 5.26 Å². The van der Waals surface area contributed by atoms with Crippen LogP contribution in [0, 0.1) is 18.3 Å². The summed E-state index contributed by atoms with van der Waals surface area (Å²) in [6.07, 6.45) is 4.52. The number of anilines is 2. The second-order valence-electron chi connectivity index (χ2n) is 4.98. The zero-order chi connectivity index (χ0) is 16.2. The predicted octanol–water partition coefficient (Wildman–Crippen LogP) is 3.13. The van der Waals surface area contributed by atoms with E-state index >= 15 is 0 Å². The zero-order valence-electron chi connectivity index (χ0n) is 12.8. The van der Waals surface area contributed by atoms with Crippen molar-refractivity contribution < 1.29 is 0 Å². The minimum absolute atomic E-state index is 0.521. The van der Waals surface area contributed by atoms with Crippen LogP contribution in [0.15, 0.2) is 24.5 Å². The minimum atomic E-state index is 0.521. The molecule has 3 aromatic rings. The summed E-state index contributed by atoms with van der Waals surface area (Å²) in [7, 11) is 0. The van der Waals surface area contributed by atoms with Gasteiger partial charge in [0.15, 0.2) is 5.82 Å². The Morgan fingerprint density at radius 2 is 2.26 bits per heavy atom. The lowest BCUT2D eigenvalue weighted by Crippen LogP contribution is -1.96. The third kappa shape index (κ3) is 3.35. The fourth-order valence-electron chi connectivity index (χ4n) is 2.11. The quantitative estimate of drug-likeness (QED) is 0.774. The van der Waals surface area contributed by atoms with E-state index in [1.807, 2.05) is 23.9 Å². The molecule has 0 saturated heterocycles. The molecule has 0 amide bonds. The van der Waals surface area contributed by atoms with Crippen LogP contribution in [0.3, 0.4) is 0 Å². The molecule has 8 heteroatoms. The Balaban J connectivity index is 1.78. The molecular weight excluding hydrogens is 310 g/mol. The van der Waals surface area contributed by atoms with Crippen molar-refractivity contribution in [3.8, 4) is 17.5 Å². The van der Waals surface area contributed by atoms with Gasteiger partial charge in [-0.1, -0.05) is 6.92 Å². The van der Waals surface area contributed by atoms with Gasteiger partial charge in [-0.05, 0) is 25.5 Å². The van der Waals surface area contributed by atoms with Crippen LogP contribution in [0.2, 0.25) is 0 Å². The minimum Gasteiger partial charge on any atom is -0.315 e. The summed E-state index contributed by atoms with van der Waals surface area (Å²) in [4.78, 5) is 8.65. The van der Waals surface area contributed by atoms with Crippen LogP contribution < -0.4 is 5.32 Å². The summed E-state index contributed by atoms with van der Waals surface area (Å²) in [6.45, 7) is 4.95. The maximum Gasteiger partial charge on any atom is 0.208 e. The molecule has 0 aliphatic heterocycles. The molecule has 0 atom stereocenters. The van der Waals surface area contributed by atoms with E-state index in [-0.39, 0.29) is 0 Å². The molecule has 0 radical (unpaired) electrons. The van der Waals surface area contributed by atoms with Crippen molar-refractivity contribution >= 4 is 22.5 Å². The van der Waals surface area contributed by atoms with Crippen molar-refractivity contribution in [1.82, 2.24) is 24.1 Å². The Labute approximate surface area is 137 Å². The first-order chi connectivity index (χ1) is 11.2. The molecule has 0 aromatic carbocycles. The molecule has 116 valence electrons. The summed E-state index contributed by atoms with van der Waals surface area (Å²) >= 11 is 1.27. The Hall–Kier alpha value is -2.79. The summed E-state index contributed by atoms with van der Waals surface area (Å²) in [5.41, 5.74) is 2.38. The molecule has 3 rings (SSSR count). The van der Waals surface area contributed by atoms with Crippen molar-refractivity contribution in [2.45, 2.75) is 26.8 Å². The molecule has 7 nitrogen and oxygen atoms in total. The Morgan fingerprint density at radius 1 is 1.39 bits per heavy atom. The highest BCUT2D eigenvalue weighted by atomic mass is 32.1. The number of nitrogens with zero attached hydrogens (tertiary/aromatic N) is 6. The highest BCUT2D eigenvalue weighted by molar-refractivity contribution is 7.09. The lowest BCUT2D eigenvalue weighted by atomic mass is 10.2. The maximum absolute atomic E-state index is 8.78. The molecule has 0 fully saturated rings. The standard InChI is InChI=1S/C15H15N7S/c1-3-6-22-9-12(10(2)20-22)14-19-15(23-21-14)18-13-5-4-11(7-16)8-17-13/h4-5,8-9H,3,6H2,1-2H3,(H,17,18,19,21). The van der Waals surface area contributed by atoms with Gasteiger partial charge in [0.25, 0.3) is 0 Å². The number of pyridine rings is 1. The van der Waals surface area contributed by atoms with E-state index in [4.69, 9.17) is 5.26 Å². The first-order valence-electron chi connectivity index (χ1n) is 7.21. The van der Waals surface area contributed by atoms with Crippen LogP contribution in [-0.2, 0) is 6.54 Å². The van der Waals surface area contributed by atoms with E-state index in [0.717, 1.165) is 24.2 Å². The van der Waals surface area contributed by atoms with Crippen LogP contribution >= 0.6 is 11.5 Å². The van der Waals surface area contributed by atoms with Crippen LogP contribution in [-0.4, -0.2) is 24.1 Å². The van der Waals surface area contributed by atoms with Crippen molar-refractivity contribution in [2.75, 3.05) is 5.32 Å². The average molecular weight is 325 g/mol.